The van der Waals surface area contributed by atoms with E-state index in [9.17, 15) is 0 Å². The van der Waals surface area contributed by atoms with Crippen LogP contribution >= 0.6 is 0 Å². The van der Waals surface area contributed by atoms with E-state index < -0.39 is 0 Å². The molecular formula is C15H31N3. The average molecular weight is 253 g/mol. The van der Waals surface area contributed by atoms with E-state index >= 15 is 0 Å². The van der Waals surface area contributed by atoms with Crippen LogP contribution in [0.15, 0.2) is 0 Å². The third kappa shape index (κ3) is 3.69. The number of piperidine rings is 1. The van der Waals surface area contributed by atoms with Crippen LogP contribution < -0.4 is 5.73 Å². The van der Waals surface area contributed by atoms with Crippen molar-refractivity contribution in [3.05, 3.63) is 0 Å². The third-order valence-corrected chi connectivity index (χ3v) is 4.89. The lowest BCUT2D eigenvalue weighted by Crippen LogP contribution is -2.51. The zero-order valence-corrected chi connectivity index (χ0v) is 12.3. The predicted octanol–water partition coefficient (Wildman–Crippen LogP) is 1.92. The van der Waals surface area contributed by atoms with Crippen LogP contribution in [-0.2, 0) is 0 Å². The van der Waals surface area contributed by atoms with E-state index in [4.69, 9.17) is 5.73 Å². The van der Waals surface area contributed by atoms with Gasteiger partial charge in [0, 0.05) is 18.6 Å². The summed E-state index contributed by atoms with van der Waals surface area (Å²) in [5.74, 6) is 0.712. The number of hydrogen-bond donors (Lipinski definition) is 1. The molecule has 2 aliphatic rings. The van der Waals surface area contributed by atoms with Crippen molar-refractivity contribution in [2.45, 2.75) is 58.0 Å². The molecular weight excluding hydrogens is 222 g/mol. The number of rotatable bonds is 3. The average Bonchev–Trinajstić information content (AvgIpc) is 2.59. The van der Waals surface area contributed by atoms with Gasteiger partial charge in [0.05, 0.1) is 0 Å². The van der Waals surface area contributed by atoms with E-state index in [0.717, 1.165) is 12.6 Å². The lowest BCUT2D eigenvalue weighted by atomic mass is 9.92. The minimum atomic E-state index is 0.397. The van der Waals surface area contributed by atoms with Gasteiger partial charge in [-0.2, -0.15) is 0 Å². The summed E-state index contributed by atoms with van der Waals surface area (Å²) in [6.07, 6.45) is 6.67. The third-order valence-electron chi connectivity index (χ3n) is 4.89. The lowest BCUT2D eigenvalue weighted by molar-refractivity contribution is 0.110. The maximum Gasteiger partial charge on any atom is 0.0194 e. The molecule has 2 aliphatic heterocycles. The molecule has 0 saturated carbocycles. The molecule has 2 heterocycles. The van der Waals surface area contributed by atoms with Gasteiger partial charge in [-0.15, -0.1) is 0 Å². The first-order chi connectivity index (χ1) is 8.70. The fourth-order valence-electron chi connectivity index (χ4n) is 3.50. The van der Waals surface area contributed by atoms with Gasteiger partial charge >= 0.3 is 0 Å². The SMILES string of the molecule is CCCN1CCCC(N2CCC(C)C(N)C2)CC1. The molecule has 0 aromatic rings. The molecule has 0 aliphatic carbocycles. The van der Waals surface area contributed by atoms with Gasteiger partial charge in [0.15, 0.2) is 0 Å². The zero-order valence-electron chi connectivity index (χ0n) is 12.3. The van der Waals surface area contributed by atoms with Crippen LogP contribution in [0, 0.1) is 5.92 Å². The summed E-state index contributed by atoms with van der Waals surface area (Å²) >= 11 is 0. The van der Waals surface area contributed by atoms with E-state index in [2.05, 4.69) is 23.6 Å². The normalized spacial score (nSPS) is 36.5. The fraction of sp³-hybridized carbons (Fsp3) is 1.00. The van der Waals surface area contributed by atoms with Crippen molar-refractivity contribution in [1.82, 2.24) is 9.80 Å². The number of likely N-dealkylation sites (tertiary alicyclic amines) is 2. The van der Waals surface area contributed by atoms with Gasteiger partial charge in [-0.05, 0) is 64.2 Å². The Balaban J connectivity index is 1.82. The van der Waals surface area contributed by atoms with Crippen molar-refractivity contribution in [3.8, 4) is 0 Å². The number of nitrogens with zero attached hydrogens (tertiary/aromatic N) is 2. The molecule has 3 nitrogen and oxygen atoms in total. The molecule has 106 valence electrons. The Kier molecular flexibility index (Phi) is 5.46. The Bertz CT molecular complexity index is 244. The molecule has 0 aromatic carbocycles. The second-order valence-corrected chi connectivity index (χ2v) is 6.35. The summed E-state index contributed by atoms with van der Waals surface area (Å²) in [7, 11) is 0. The standard InChI is InChI=1S/C15H31N3/c1-3-8-17-9-4-5-14(7-10-17)18-11-6-13(2)15(16)12-18/h13-15H,3-12,16H2,1-2H3. The molecule has 2 rings (SSSR count). The van der Waals surface area contributed by atoms with Gasteiger partial charge in [-0.25, -0.2) is 0 Å². The van der Waals surface area contributed by atoms with E-state index in [1.165, 1.54) is 58.3 Å². The monoisotopic (exact) mass is 253 g/mol. The summed E-state index contributed by atoms with van der Waals surface area (Å²) in [5.41, 5.74) is 6.24. The summed E-state index contributed by atoms with van der Waals surface area (Å²) in [5, 5.41) is 0. The smallest absolute Gasteiger partial charge is 0.0194 e. The van der Waals surface area contributed by atoms with Gasteiger partial charge in [0.1, 0.15) is 0 Å². The molecule has 0 amide bonds. The van der Waals surface area contributed by atoms with Crippen LogP contribution in [0.4, 0.5) is 0 Å². The summed E-state index contributed by atoms with van der Waals surface area (Å²) in [6, 6.07) is 1.19. The highest BCUT2D eigenvalue weighted by atomic mass is 15.2. The Labute approximate surface area is 113 Å². The summed E-state index contributed by atoms with van der Waals surface area (Å²) in [6.45, 7) is 10.9. The highest BCUT2D eigenvalue weighted by molar-refractivity contribution is 4.86. The highest BCUT2D eigenvalue weighted by Gasteiger charge is 2.29. The molecule has 3 atom stereocenters. The maximum atomic E-state index is 6.24. The quantitative estimate of drug-likeness (QED) is 0.834. The van der Waals surface area contributed by atoms with Gasteiger partial charge in [0.25, 0.3) is 0 Å². The van der Waals surface area contributed by atoms with Crippen molar-refractivity contribution < 1.29 is 0 Å². The van der Waals surface area contributed by atoms with Crippen LogP contribution in [-0.4, -0.2) is 54.6 Å². The van der Waals surface area contributed by atoms with E-state index in [1.807, 2.05) is 0 Å². The van der Waals surface area contributed by atoms with E-state index in [1.54, 1.807) is 0 Å². The zero-order chi connectivity index (χ0) is 13.0. The molecule has 2 saturated heterocycles. The van der Waals surface area contributed by atoms with Crippen LogP contribution in [0.2, 0.25) is 0 Å². The minimum absolute atomic E-state index is 0.397. The number of hydrogen-bond acceptors (Lipinski definition) is 3. The summed E-state index contributed by atoms with van der Waals surface area (Å²) in [4.78, 5) is 5.33. The van der Waals surface area contributed by atoms with Crippen molar-refractivity contribution in [2.24, 2.45) is 11.7 Å². The van der Waals surface area contributed by atoms with Gasteiger partial charge < -0.3 is 10.6 Å². The maximum absolute atomic E-state index is 6.24. The molecule has 18 heavy (non-hydrogen) atoms. The predicted molar refractivity (Wildman–Crippen MR) is 77.7 cm³/mol. The molecule has 0 spiro atoms. The van der Waals surface area contributed by atoms with Gasteiger partial charge in [-0.1, -0.05) is 13.8 Å². The van der Waals surface area contributed by atoms with Gasteiger partial charge in [0.2, 0.25) is 0 Å². The van der Waals surface area contributed by atoms with Crippen molar-refractivity contribution in [1.29, 1.82) is 0 Å². The van der Waals surface area contributed by atoms with Crippen molar-refractivity contribution >= 4 is 0 Å². The van der Waals surface area contributed by atoms with Crippen LogP contribution in [0.25, 0.3) is 0 Å². The molecule has 0 bridgehead atoms. The summed E-state index contributed by atoms with van der Waals surface area (Å²) < 4.78 is 0. The van der Waals surface area contributed by atoms with E-state index in [-0.39, 0.29) is 0 Å². The Morgan fingerprint density at radius 2 is 1.94 bits per heavy atom. The number of nitrogens with two attached hydrogens (primary N) is 1. The lowest BCUT2D eigenvalue weighted by Gasteiger charge is -2.39. The fourth-order valence-corrected chi connectivity index (χ4v) is 3.50. The first kappa shape index (κ1) is 14.3. The van der Waals surface area contributed by atoms with Crippen LogP contribution in [0.5, 0.6) is 0 Å². The molecule has 2 fully saturated rings. The van der Waals surface area contributed by atoms with Crippen LogP contribution in [0.1, 0.15) is 46.0 Å². The first-order valence-electron chi connectivity index (χ1n) is 7.92. The Morgan fingerprint density at radius 1 is 1.11 bits per heavy atom. The molecule has 2 N–H and O–H groups in total. The van der Waals surface area contributed by atoms with Crippen molar-refractivity contribution in [3.63, 3.8) is 0 Å². The van der Waals surface area contributed by atoms with Crippen LogP contribution in [0.3, 0.4) is 0 Å². The first-order valence-corrected chi connectivity index (χ1v) is 7.92. The molecule has 3 heteroatoms. The topological polar surface area (TPSA) is 32.5 Å². The Morgan fingerprint density at radius 3 is 2.67 bits per heavy atom. The highest BCUT2D eigenvalue weighted by Crippen LogP contribution is 2.23. The second kappa shape index (κ2) is 6.88. The largest absolute Gasteiger partial charge is 0.326 e. The Hall–Kier alpha value is -0.120. The molecule has 3 unspecified atom stereocenters. The molecule has 0 aromatic heterocycles. The second-order valence-electron chi connectivity index (χ2n) is 6.35. The minimum Gasteiger partial charge on any atom is -0.326 e. The van der Waals surface area contributed by atoms with Crippen molar-refractivity contribution in [2.75, 3.05) is 32.7 Å². The van der Waals surface area contributed by atoms with E-state index in [0.29, 0.717) is 12.0 Å². The molecule has 0 radical (unpaired) electrons. The van der Waals surface area contributed by atoms with Gasteiger partial charge in [-0.3, -0.25) is 4.90 Å².